The van der Waals surface area contributed by atoms with Crippen molar-refractivity contribution in [2.75, 3.05) is 18.9 Å². The van der Waals surface area contributed by atoms with Gasteiger partial charge in [0.1, 0.15) is 11.9 Å². The second-order valence-corrected chi connectivity index (χ2v) is 8.12. The Labute approximate surface area is 205 Å². The third kappa shape index (κ3) is 4.33. The summed E-state index contributed by atoms with van der Waals surface area (Å²) in [6.07, 6.45) is 2.92. The SMILES string of the molecule is CCN(C)C(=O)c1c(Nc2cc(-c3ccccn3)[nH]n2)ncnc1Oc1ccc2[nH]c(C)cc2c1F. The van der Waals surface area contributed by atoms with Gasteiger partial charge >= 0.3 is 0 Å². The molecule has 0 unspecified atom stereocenters. The standard InChI is InChI=1S/C25H23FN8O2/c1-4-34(3)25(35)21-23(31-20-12-18(32-33-20)17-7-5-6-10-27-17)28-13-29-24(21)36-19-9-8-16-15(22(19)26)11-14(2)30-16/h5-13,30H,4H2,1-3H3,(H2,28,29,31,32,33). The number of aryl methyl sites for hydroxylation is 1. The summed E-state index contributed by atoms with van der Waals surface area (Å²) < 4.78 is 21.1. The number of anilines is 2. The van der Waals surface area contributed by atoms with Crippen molar-refractivity contribution in [3.8, 4) is 23.0 Å². The average molecular weight is 487 g/mol. The molecule has 1 aromatic carbocycles. The van der Waals surface area contributed by atoms with Crippen LogP contribution < -0.4 is 10.1 Å². The van der Waals surface area contributed by atoms with Crippen molar-refractivity contribution in [3.05, 3.63) is 72.1 Å². The summed E-state index contributed by atoms with van der Waals surface area (Å²) in [4.78, 5) is 30.6. The summed E-state index contributed by atoms with van der Waals surface area (Å²) in [6, 6.07) is 12.2. The number of hydrogen-bond donors (Lipinski definition) is 3. The minimum absolute atomic E-state index is 0.0500. The van der Waals surface area contributed by atoms with Gasteiger partial charge in [0, 0.05) is 42.5 Å². The van der Waals surface area contributed by atoms with Gasteiger partial charge in [0.15, 0.2) is 23.2 Å². The molecule has 0 saturated carbocycles. The first-order valence-corrected chi connectivity index (χ1v) is 11.2. The van der Waals surface area contributed by atoms with Gasteiger partial charge in [-0.05, 0) is 44.2 Å². The van der Waals surface area contributed by atoms with Crippen molar-refractivity contribution in [3.63, 3.8) is 0 Å². The maximum atomic E-state index is 15.2. The lowest BCUT2D eigenvalue weighted by Gasteiger charge is -2.19. The molecule has 1 amide bonds. The highest BCUT2D eigenvalue weighted by molar-refractivity contribution is 6.01. The van der Waals surface area contributed by atoms with Crippen LogP contribution in [0.4, 0.5) is 16.0 Å². The molecule has 182 valence electrons. The Bertz CT molecular complexity index is 1550. The zero-order valence-electron chi connectivity index (χ0n) is 19.8. The van der Waals surface area contributed by atoms with E-state index in [2.05, 4.69) is 35.5 Å². The van der Waals surface area contributed by atoms with Crippen LogP contribution in [-0.2, 0) is 0 Å². The van der Waals surface area contributed by atoms with Crippen LogP contribution in [0, 0.1) is 12.7 Å². The van der Waals surface area contributed by atoms with E-state index in [1.807, 2.05) is 32.0 Å². The third-order valence-corrected chi connectivity index (χ3v) is 5.66. The molecule has 5 rings (SSSR count). The summed E-state index contributed by atoms with van der Waals surface area (Å²) in [5.41, 5.74) is 2.90. The zero-order chi connectivity index (χ0) is 25.2. The Morgan fingerprint density at radius 3 is 2.81 bits per heavy atom. The number of nitrogens with zero attached hydrogens (tertiary/aromatic N) is 5. The molecule has 0 bridgehead atoms. The normalized spacial score (nSPS) is 11.0. The van der Waals surface area contributed by atoms with Gasteiger partial charge in [0.2, 0.25) is 5.88 Å². The van der Waals surface area contributed by atoms with E-state index in [4.69, 9.17) is 4.74 Å². The predicted molar refractivity (Wildman–Crippen MR) is 133 cm³/mol. The lowest BCUT2D eigenvalue weighted by molar-refractivity contribution is 0.0799. The van der Waals surface area contributed by atoms with Crippen LogP contribution in [0.2, 0.25) is 0 Å². The number of carbonyl (C=O) groups excluding carboxylic acids is 1. The lowest BCUT2D eigenvalue weighted by Crippen LogP contribution is -2.28. The van der Waals surface area contributed by atoms with Gasteiger partial charge in [-0.1, -0.05) is 6.07 Å². The molecule has 10 nitrogen and oxygen atoms in total. The average Bonchev–Trinajstić information content (AvgIpc) is 3.52. The van der Waals surface area contributed by atoms with Crippen LogP contribution in [0.25, 0.3) is 22.3 Å². The smallest absolute Gasteiger partial charge is 0.262 e. The first-order chi connectivity index (χ1) is 17.4. The van der Waals surface area contributed by atoms with Crippen molar-refractivity contribution >= 4 is 28.4 Å². The molecule has 0 aliphatic rings. The summed E-state index contributed by atoms with van der Waals surface area (Å²) in [5, 5.41) is 10.6. The van der Waals surface area contributed by atoms with Crippen LogP contribution >= 0.6 is 0 Å². The van der Waals surface area contributed by atoms with Gasteiger partial charge in [-0.25, -0.2) is 14.4 Å². The Morgan fingerprint density at radius 2 is 2.03 bits per heavy atom. The van der Waals surface area contributed by atoms with Crippen molar-refractivity contribution < 1.29 is 13.9 Å². The Hall–Kier alpha value is -4.80. The van der Waals surface area contributed by atoms with Crippen LogP contribution in [-0.4, -0.2) is 54.5 Å². The highest BCUT2D eigenvalue weighted by Crippen LogP contribution is 2.34. The lowest BCUT2D eigenvalue weighted by atomic mass is 10.2. The van der Waals surface area contributed by atoms with Crippen molar-refractivity contribution in [2.45, 2.75) is 13.8 Å². The predicted octanol–water partition coefficient (Wildman–Crippen LogP) is 4.82. The van der Waals surface area contributed by atoms with Gasteiger partial charge < -0.3 is 19.9 Å². The van der Waals surface area contributed by atoms with E-state index in [1.54, 1.807) is 31.4 Å². The number of halogens is 1. The fourth-order valence-electron chi connectivity index (χ4n) is 3.70. The van der Waals surface area contributed by atoms with Gasteiger partial charge in [-0.3, -0.25) is 14.9 Å². The highest BCUT2D eigenvalue weighted by atomic mass is 19.1. The summed E-state index contributed by atoms with van der Waals surface area (Å²) >= 11 is 0. The first kappa shape index (κ1) is 23.0. The second-order valence-electron chi connectivity index (χ2n) is 8.12. The maximum absolute atomic E-state index is 15.2. The van der Waals surface area contributed by atoms with Gasteiger partial charge in [-0.15, -0.1) is 0 Å². The summed E-state index contributed by atoms with van der Waals surface area (Å²) in [7, 11) is 1.64. The van der Waals surface area contributed by atoms with E-state index in [1.165, 1.54) is 17.3 Å². The molecule has 0 fully saturated rings. The van der Waals surface area contributed by atoms with Crippen LogP contribution in [0.3, 0.4) is 0 Å². The molecule has 0 radical (unpaired) electrons. The summed E-state index contributed by atoms with van der Waals surface area (Å²) in [6.45, 7) is 4.11. The molecule has 36 heavy (non-hydrogen) atoms. The van der Waals surface area contributed by atoms with Gasteiger partial charge in [-0.2, -0.15) is 5.10 Å². The monoisotopic (exact) mass is 486 g/mol. The number of carbonyl (C=O) groups is 1. The van der Waals surface area contributed by atoms with E-state index in [-0.39, 0.29) is 23.0 Å². The van der Waals surface area contributed by atoms with Crippen molar-refractivity contribution in [2.24, 2.45) is 0 Å². The first-order valence-electron chi connectivity index (χ1n) is 11.2. The largest absolute Gasteiger partial charge is 0.435 e. The minimum Gasteiger partial charge on any atom is -0.435 e. The molecule has 0 aliphatic heterocycles. The molecule has 3 N–H and O–H groups in total. The fourth-order valence-corrected chi connectivity index (χ4v) is 3.70. The molecule has 0 aliphatic carbocycles. The van der Waals surface area contributed by atoms with E-state index in [0.717, 1.165) is 5.69 Å². The number of benzene rings is 1. The highest BCUT2D eigenvalue weighted by Gasteiger charge is 2.25. The Morgan fingerprint density at radius 1 is 1.17 bits per heavy atom. The molecular formula is C25H23FN8O2. The van der Waals surface area contributed by atoms with Crippen molar-refractivity contribution in [1.82, 2.24) is 35.0 Å². The topological polar surface area (TPSA) is 125 Å². The van der Waals surface area contributed by atoms with E-state index in [9.17, 15) is 4.79 Å². The van der Waals surface area contributed by atoms with E-state index < -0.39 is 11.7 Å². The molecule has 4 aromatic heterocycles. The quantitative estimate of drug-likeness (QED) is 0.301. The molecule has 11 heteroatoms. The van der Waals surface area contributed by atoms with E-state index in [0.29, 0.717) is 34.7 Å². The maximum Gasteiger partial charge on any atom is 0.262 e. The number of rotatable bonds is 7. The Balaban J connectivity index is 1.53. The number of amides is 1. The number of fused-ring (bicyclic) bond motifs is 1. The van der Waals surface area contributed by atoms with Gasteiger partial charge in [0.05, 0.1) is 11.4 Å². The molecule has 4 heterocycles. The fraction of sp³-hybridized carbons (Fsp3) is 0.160. The third-order valence-electron chi connectivity index (χ3n) is 5.66. The number of hydrogen-bond acceptors (Lipinski definition) is 7. The molecule has 0 saturated heterocycles. The van der Waals surface area contributed by atoms with Crippen LogP contribution in [0.15, 0.2) is 55.0 Å². The van der Waals surface area contributed by atoms with E-state index >= 15 is 4.39 Å². The number of aromatic amines is 2. The number of nitrogens with one attached hydrogen (secondary N) is 3. The number of ether oxygens (including phenoxy) is 1. The molecular weight excluding hydrogens is 463 g/mol. The van der Waals surface area contributed by atoms with Crippen molar-refractivity contribution in [1.29, 1.82) is 0 Å². The van der Waals surface area contributed by atoms with Crippen LogP contribution in [0.1, 0.15) is 23.0 Å². The number of H-pyrrole nitrogens is 2. The molecule has 0 spiro atoms. The molecule has 5 aromatic rings. The van der Waals surface area contributed by atoms with Gasteiger partial charge in [0.25, 0.3) is 5.91 Å². The van der Waals surface area contributed by atoms with Crippen LogP contribution in [0.5, 0.6) is 11.6 Å². The Kier molecular flexibility index (Phi) is 6.03. The second kappa shape index (κ2) is 9.45. The molecule has 0 atom stereocenters. The number of aromatic nitrogens is 6. The zero-order valence-corrected chi connectivity index (χ0v) is 19.8. The minimum atomic E-state index is -0.556. The summed E-state index contributed by atoms with van der Waals surface area (Å²) in [5.74, 6) is -0.512. The number of pyridine rings is 1.